The molecule has 3 heterocycles. The van der Waals surface area contributed by atoms with Crippen LogP contribution in [0.15, 0.2) is 18.6 Å². The van der Waals surface area contributed by atoms with Gasteiger partial charge in [0, 0.05) is 25.8 Å². The Morgan fingerprint density at radius 3 is 3.37 bits per heavy atom. The number of nitrogens with one attached hydrogen (secondary N) is 2. The number of likely N-dealkylation sites (N-methyl/N-ethyl adjacent to an activating group) is 1. The largest absolute Gasteiger partial charge is 0.374 e. The van der Waals surface area contributed by atoms with Crippen LogP contribution in [-0.2, 0) is 4.74 Å². The number of aromatic nitrogens is 3. The quantitative estimate of drug-likeness (QED) is 0.862. The number of aromatic amines is 1. The summed E-state index contributed by atoms with van der Waals surface area (Å²) in [5, 5.41) is 4.38. The van der Waals surface area contributed by atoms with Crippen molar-refractivity contribution in [3.05, 3.63) is 18.6 Å². The van der Waals surface area contributed by atoms with E-state index >= 15 is 0 Å². The zero-order chi connectivity index (χ0) is 13.1. The number of nitrogens with zero attached hydrogens (tertiary/aromatic N) is 3. The lowest BCUT2D eigenvalue weighted by Crippen LogP contribution is -2.45. The second-order valence-corrected chi connectivity index (χ2v) is 4.73. The van der Waals surface area contributed by atoms with E-state index in [-0.39, 0.29) is 6.10 Å². The molecule has 6 heteroatoms. The van der Waals surface area contributed by atoms with Gasteiger partial charge in [0.15, 0.2) is 0 Å². The van der Waals surface area contributed by atoms with Crippen LogP contribution in [0.3, 0.4) is 0 Å². The van der Waals surface area contributed by atoms with Gasteiger partial charge in [0.1, 0.15) is 17.8 Å². The van der Waals surface area contributed by atoms with Crippen molar-refractivity contribution < 1.29 is 4.74 Å². The van der Waals surface area contributed by atoms with Crippen LogP contribution in [0, 0.1) is 0 Å². The van der Waals surface area contributed by atoms with Crippen LogP contribution < -0.4 is 5.32 Å². The molecule has 1 aliphatic heterocycles. The molecule has 0 aromatic carbocycles. The predicted molar refractivity (Wildman–Crippen MR) is 74.2 cm³/mol. The molecule has 6 nitrogen and oxygen atoms in total. The molecule has 0 spiro atoms. The maximum absolute atomic E-state index is 5.77. The minimum Gasteiger partial charge on any atom is -0.374 e. The molecule has 1 saturated heterocycles. The van der Waals surface area contributed by atoms with Crippen molar-refractivity contribution in [1.29, 1.82) is 0 Å². The Labute approximate surface area is 112 Å². The third-order valence-electron chi connectivity index (χ3n) is 3.52. The molecular formula is C13H19N5O. The summed E-state index contributed by atoms with van der Waals surface area (Å²) in [6, 6.07) is 1.98. The molecule has 102 valence electrons. The Morgan fingerprint density at radius 1 is 1.53 bits per heavy atom. The third kappa shape index (κ3) is 2.69. The van der Waals surface area contributed by atoms with Gasteiger partial charge < -0.3 is 15.0 Å². The van der Waals surface area contributed by atoms with Gasteiger partial charge in [0.25, 0.3) is 0 Å². The molecule has 0 saturated carbocycles. The molecule has 1 atom stereocenters. The maximum Gasteiger partial charge on any atom is 0.142 e. The Morgan fingerprint density at radius 2 is 2.47 bits per heavy atom. The molecule has 2 N–H and O–H groups in total. The molecule has 3 rings (SSSR count). The maximum atomic E-state index is 5.77. The first kappa shape index (κ1) is 12.4. The summed E-state index contributed by atoms with van der Waals surface area (Å²) in [6.07, 6.45) is 3.67. The normalized spacial score (nSPS) is 20.8. The second-order valence-electron chi connectivity index (χ2n) is 4.73. The number of H-pyrrole nitrogens is 1. The van der Waals surface area contributed by atoms with Crippen LogP contribution in [0.1, 0.15) is 6.92 Å². The highest BCUT2D eigenvalue weighted by molar-refractivity contribution is 5.86. The van der Waals surface area contributed by atoms with Gasteiger partial charge >= 0.3 is 0 Å². The van der Waals surface area contributed by atoms with Crippen molar-refractivity contribution in [2.24, 2.45) is 0 Å². The summed E-state index contributed by atoms with van der Waals surface area (Å²) < 4.78 is 5.77. The lowest BCUT2D eigenvalue weighted by Gasteiger charge is -2.32. The smallest absolute Gasteiger partial charge is 0.142 e. The predicted octanol–water partition coefficient (Wildman–Crippen LogP) is 1.09. The van der Waals surface area contributed by atoms with Crippen LogP contribution in [0.5, 0.6) is 0 Å². The van der Waals surface area contributed by atoms with Crippen LogP contribution in [0.25, 0.3) is 11.0 Å². The first-order valence-electron chi connectivity index (χ1n) is 6.72. The van der Waals surface area contributed by atoms with Crippen molar-refractivity contribution in [2.45, 2.75) is 13.0 Å². The van der Waals surface area contributed by atoms with Gasteiger partial charge in [0.2, 0.25) is 0 Å². The minimum atomic E-state index is 0.220. The Balaban J connectivity index is 1.64. The van der Waals surface area contributed by atoms with Gasteiger partial charge in [-0.3, -0.25) is 4.90 Å². The van der Waals surface area contributed by atoms with Crippen molar-refractivity contribution in [3.8, 4) is 0 Å². The highest BCUT2D eigenvalue weighted by Gasteiger charge is 2.19. The van der Waals surface area contributed by atoms with E-state index < -0.39 is 0 Å². The number of morpholine rings is 1. The van der Waals surface area contributed by atoms with Crippen molar-refractivity contribution in [1.82, 2.24) is 19.9 Å². The summed E-state index contributed by atoms with van der Waals surface area (Å²) in [5.74, 6) is 0.864. The van der Waals surface area contributed by atoms with Gasteiger partial charge in [-0.25, -0.2) is 9.97 Å². The fourth-order valence-electron chi connectivity index (χ4n) is 2.41. The zero-order valence-corrected chi connectivity index (χ0v) is 11.1. The van der Waals surface area contributed by atoms with Crippen LogP contribution in [0.4, 0.5) is 5.82 Å². The zero-order valence-electron chi connectivity index (χ0n) is 11.1. The molecular weight excluding hydrogens is 242 g/mol. The van der Waals surface area contributed by atoms with Crippen LogP contribution in [-0.4, -0.2) is 58.7 Å². The molecule has 1 aliphatic rings. The average molecular weight is 261 g/mol. The van der Waals surface area contributed by atoms with E-state index in [1.807, 2.05) is 12.3 Å². The van der Waals surface area contributed by atoms with Crippen molar-refractivity contribution in [2.75, 3.05) is 38.1 Å². The van der Waals surface area contributed by atoms with E-state index in [0.717, 1.165) is 49.6 Å². The molecule has 0 bridgehead atoms. The minimum absolute atomic E-state index is 0.220. The van der Waals surface area contributed by atoms with Gasteiger partial charge in [-0.2, -0.15) is 0 Å². The Kier molecular flexibility index (Phi) is 3.61. The summed E-state index contributed by atoms with van der Waals surface area (Å²) in [4.78, 5) is 14.0. The van der Waals surface area contributed by atoms with Crippen LogP contribution >= 0.6 is 0 Å². The number of hydrogen-bond donors (Lipinski definition) is 2. The summed E-state index contributed by atoms with van der Waals surface area (Å²) in [5.41, 5.74) is 0.859. The monoisotopic (exact) mass is 261 g/mol. The van der Waals surface area contributed by atoms with Crippen molar-refractivity contribution >= 4 is 16.9 Å². The number of fused-ring (bicyclic) bond motifs is 1. The molecule has 2 aromatic heterocycles. The number of anilines is 1. The molecule has 2 aromatic rings. The van der Waals surface area contributed by atoms with E-state index in [1.54, 1.807) is 6.33 Å². The standard InChI is InChI=1S/C13H19N5O/c1-2-18-5-6-19-10(8-18)7-15-13-11-3-4-14-12(11)16-9-17-13/h3-4,9-10H,2,5-8H2,1H3,(H2,14,15,16,17). The summed E-state index contributed by atoms with van der Waals surface area (Å²) in [7, 11) is 0. The topological polar surface area (TPSA) is 66.1 Å². The molecule has 0 radical (unpaired) electrons. The highest BCUT2D eigenvalue weighted by Crippen LogP contribution is 2.17. The lowest BCUT2D eigenvalue weighted by molar-refractivity contribution is -0.0192. The first-order valence-corrected chi connectivity index (χ1v) is 6.72. The summed E-state index contributed by atoms with van der Waals surface area (Å²) >= 11 is 0. The Hall–Kier alpha value is -1.66. The number of rotatable bonds is 4. The van der Waals surface area contributed by atoms with E-state index in [4.69, 9.17) is 4.74 Å². The SMILES string of the molecule is CCN1CCOC(CNc2ncnc3[nH]ccc23)C1. The van der Waals surface area contributed by atoms with E-state index in [1.165, 1.54) is 0 Å². The fourth-order valence-corrected chi connectivity index (χ4v) is 2.41. The van der Waals surface area contributed by atoms with E-state index in [2.05, 4.69) is 32.1 Å². The third-order valence-corrected chi connectivity index (χ3v) is 3.52. The molecule has 0 amide bonds. The Bertz CT molecular complexity index is 541. The van der Waals surface area contributed by atoms with E-state index in [0.29, 0.717) is 0 Å². The fraction of sp³-hybridized carbons (Fsp3) is 0.538. The molecule has 19 heavy (non-hydrogen) atoms. The summed E-state index contributed by atoms with van der Waals surface area (Å²) in [6.45, 7) is 6.85. The van der Waals surface area contributed by atoms with Crippen molar-refractivity contribution in [3.63, 3.8) is 0 Å². The average Bonchev–Trinajstić information content (AvgIpc) is 2.94. The molecule has 0 aliphatic carbocycles. The van der Waals surface area contributed by atoms with Gasteiger partial charge in [-0.05, 0) is 12.6 Å². The first-order chi connectivity index (χ1) is 9.36. The second kappa shape index (κ2) is 5.54. The number of hydrogen-bond acceptors (Lipinski definition) is 5. The van der Waals surface area contributed by atoms with Gasteiger partial charge in [-0.1, -0.05) is 6.92 Å². The molecule has 1 fully saturated rings. The van der Waals surface area contributed by atoms with Crippen LogP contribution in [0.2, 0.25) is 0 Å². The number of ether oxygens (including phenoxy) is 1. The highest BCUT2D eigenvalue weighted by atomic mass is 16.5. The van der Waals surface area contributed by atoms with Gasteiger partial charge in [0.05, 0.1) is 18.1 Å². The molecule has 1 unspecified atom stereocenters. The van der Waals surface area contributed by atoms with E-state index in [9.17, 15) is 0 Å². The van der Waals surface area contributed by atoms with Gasteiger partial charge in [-0.15, -0.1) is 0 Å². The lowest BCUT2D eigenvalue weighted by atomic mass is 10.2.